The first-order valence-electron chi connectivity index (χ1n) is 8.35. The van der Waals surface area contributed by atoms with Gasteiger partial charge in [0.05, 0.1) is 12.1 Å². The largest absolute Gasteiger partial charge is 0.507 e. The van der Waals surface area contributed by atoms with E-state index in [-0.39, 0.29) is 11.5 Å². The number of nitrogens with zero attached hydrogens (tertiary/aromatic N) is 4. The van der Waals surface area contributed by atoms with Crippen molar-refractivity contribution in [2.45, 2.75) is 33.4 Å². The Kier molecular flexibility index (Phi) is 5.26. The molecule has 2 aromatic carbocycles. The van der Waals surface area contributed by atoms with Crippen LogP contribution >= 0.6 is 0 Å². The zero-order valence-corrected chi connectivity index (χ0v) is 14.7. The summed E-state index contributed by atoms with van der Waals surface area (Å²) in [6.07, 6.45) is 2.18. The summed E-state index contributed by atoms with van der Waals surface area (Å²) in [5, 5.41) is 21.3. The molecular formula is C19H20N4O3. The molecule has 134 valence electrons. The van der Waals surface area contributed by atoms with Crippen molar-refractivity contribution in [2.75, 3.05) is 0 Å². The van der Waals surface area contributed by atoms with Crippen LogP contribution in [-0.2, 0) is 19.6 Å². The number of hydrogen-bond acceptors (Lipinski definition) is 6. The molecule has 0 unspecified atom stereocenters. The number of hydrogen-bond donors (Lipinski definition) is 1. The average Bonchev–Trinajstić information content (AvgIpc) is 3.14. The number of rotatable bonds is 7. The third kappa shape index (κ3) is 3.88. The van der Waals surface area contributed by atoms with Gasteiger partial charge in [0.2, 0.25) is 0 Å². The van der Waals surface area contributed by atoms with Crippen molar-refractivity contribution >= 4 is 5.78 Å². The Hall–Kier alpha value is -3.22. The van der Waals surface area contributed by atoms with Gasteiger partial charge in [-0.25, -0.2) is 4.68 Å². The van der Waals surface area contributed by atoms with Crippen molar-refractivity contribution in [2.24, 2.45) is 0 Å². The van der Waals surface area contributed by atoms with Crippen LogP contribution in [0.4, 0.5) is 0 Å². The van der Waals surface area contributed by atoms with Gasteiger partial charge < -0.3 is 9.84 Å². The third-order valence-electron chi connectivity index (χ3n) is 4.17. The van der Waals surface area contributed by atoms with Gasteiger partial charge in [0.1, 0.15) is 24.4 Å². The fraction of sp³-hybridized carbons (Fsp3) is 0.263. The second kappa shape index (κ2) is 7.77. The van der Waals surface area contributed by atoms with Crippen LogP contribution in [-0.4, -0.2) is 31.1 Å². The molecule has 0 aliphatic carbocycles. The fourth-order valence-electron chi connectivity index (χ4n) is 2.78. The topological polar surface area (TPSA) is 90.1 Å². The van der Waals surface area contributed by atoms with E-state index in [1.165, 1.54) is 6.92 Å². The Labute approximate surface area is 151 Å². The first kappa shape index (κ1) is 17.6. The summed E-state index contributed by atoms with van der Waals surface area (Å²) in [6.45, 7) is 4.30. The molecule has 0 aliphatic rings. The molecule has 1 N–H and O–H groups in total. The van der Waals surface area contributed by atoms with Gasteiger partial charge in [-0.2, -0.15) is 0 Å². The lowest BCUT2D eigenvalue weighted by Crippen LogP contribution is -2.04. The van der Waals surface area contributed by atoms with E-state index in [1.54, 1.807) is 17.1 Å². The molecule has 0 spiro atoms. The van der Waals surface area contributed by atoms with Gasteiger partial charge in [0.15, 0.2) is 5.78 Å². The summed E-state index contributed by atoms with van der Waals surface area (Å²) in [6, 6.07) is 11.2. The van der Waals surface area contributed by atoms with Gasteiger partial charge in [-0.15, -0.1) is 5.10 Å². The van der Waals surface area contributed by atoms with E-state index in [0.717, 1.165) is 22.4 Å². The van der Waals surface area contributed by atoms with Crippen molar-refractivity contribution in [3.05, 3.63) is 65.0 Å². The zero-order valence-electron chi connectivity index (χ0n) is 14.7. The van der Waals surface area contributed by atoms with E-state index in [9.17, 15) is 9.90 Å². The van der Waals surface area contributed by atoms with E-state index in [2.05, 4.69) is 15.5 Å². The van der Waals surface area contributed by atoms with Crippen LogP contribution in [0.3, 0.4) is 0 Å². The predicted octanol–water partition coefficient (Wildman–Crippen LogP) is 2.77. The number of phenolic OH excluding ortho intramolecular Hbond substituents is 1. The Morgan fingerprint density at radius 3 is 2.58 bits per heavy atom. The van der Waals surface area contributed by atoms with E-state index < -0.39 is 0 Å². The highest BCUT2D eigenvalue weighted by Gasteiger charge is 2.14. The van der Waals surface area contributed by atoms with Gasteiger partial charge in [0, 0.05) is 5.56 Å². The van der Waals surface area contributed by atoms with Crippen LogP contribution in [0.5, 0.6) is 11.5 Å². The third-order valence-corrected chi connectivity index (χ3v) is 4.17. The first-order valence-corrected chi connectivity index (χ1v) is 8.35. The van der Waals surface area contributed by atoms with Gasteiger partial charge in [-0.3, -0.25) is 4.79 Å². The van der Waals surface area contributed by atoms with E-state index in [0.29, 0.717) is 25.1 Å². The van der Waals surface area contributed by atoms with Crippen LogP contribution in [0, 0.1) is 0 Å². The number of aromatic hydroxyl groups is 1. The minimum absolute atomic E-state index is 0.0536. The summed E-state index contributed by atoms with van der Waals surface area (Å²) in [5.74, 6) is 0.628. The second-order valence-corrected chi connectivity index (χ2v) is 5.95. The molecule has 1 aromatic heterocycles. The minimum Gasteiger partial charge on any atom is -0.507 e. The summed E-state index contributed by atoms with van der Waals surface area (Å²) in [4.78, 5) is 11.6. The summed E-state index contributed by atoms with van der Waals surface area (Å²) in [7, 11) is 0. The second-order valence-electron chi connectivity index (χ2n) is 5.95. The normalized spacial score (nSPS) is 10.7. The number of ether oxygens (including phenoxy) is 1. The monoisotopic (exact) mass is 352 g/mol. The Morgan fingerprint density at radius 1 is 1.19 bits per heavy atom. The highest BCUT2D eigenvalue weighted by molar-refractivity contribution is 5.97. The molecule has 3 rings (SSSR count). The van der Waals surface area contributed by atoms with Crippen LogP contribution in [0.2, 0.25) is 0 Å². The van der Waals surface area contributed by atoms with Crippen molar-refractivity contribution < 1.29 is 14.6 Å². The molecule has 0 saturated carbocycles. The van der Waals surface area contributed by atoms with E-state index >= 15 is 0 Å². The molecule has 1 heterocycles. The van der Waals surface area contributed by atoms with Crippen LogP contribution in [0.25, 0.3) is 0 Å². The van der Waals surface area contributed by atoms with Crippen molar-refractivity contribution in [3.8, 4) is 11.5 Å². The molecule has 0 amide bonds. The maximum absolute atomic E-state index is 11.6. The number of ketones is 1. The lowest BCUT2D eigenvalue weighted by Gasteiger charge is -2.14. The first-order chi connectivity index (χ1) is 12.6. The Balaban J connectivity index is 1.69. The van der Waals surface area contributed by atoms with Gasteiger partial charge in [-0.05, 0) is 53.1 Å². The highest BCUT2D eigenvalue weighted by atomic mass is 16.5. The maximum atomic E-state index is 11.6. The fourth-order valence-corrected chi connectivity index (χ4v) is 2.78. The molecule has 0 bridgehead atoms. The van der Waals surface area contributed by atoms with E-state index in [4.69, 9.17) is 4.74 Å². The highest BCUT2D eigenvalue weighted by Crippen LogP contribution is 2.28. The van der Waals surface area contributed by atoms with Gasteiger partial charge in [-0.1, -0.05) is 25.1 Å². The quantitative estimate of drug-likeness (QED) is 0.658. The molecule has 0 aliphatic heterocycles. The SMILES string of the molecule is CCc1c(COc2ccc(Cn3cnnn3)cc2)ccc(C(C)=O)c1O. The number of Topliss-reactive ketones (excluding diaryl/α,β-unsaturated/α-hetero) is 1. The Bertz CT molecular complexity index is 890. The minimum atomic E-state index is -0.150. The van der Waals surface area contributed by atoms with Gasteiger partial charge >= 0.3 is 0 Å². The molecule has 0 radical (unpaired) electrons. The standard InChI is InChI=1S/C19H20N4O3/c1-3-17-15(6-9-18(13(2)24)19(17)25)11-26-16-7-4-14(5-8-16)10-23-12-20-21-22-23/h4-9,12,25H,3,10-11H2,1-2H3. The summed E-state index contributed by atoms with van der Waals surface area (Å²) < 4.78 is 7.48. The summed E-state index contributed by atoms with van der Waals surface area (Å²) in [5.41, 5.74) is 3.01. The maximum Gasteiger partial charge on any atom is 0.163 e. The smallest absolute Gasteiger partial charge is 0.163 e. The van der Waals surface area contributed by atoms with Gasteiger partial charge in [0.25, 0.3) is 0 Å². The van der Waals surface area contributed by atoms with Crippen LogP contribution in [0.15, 0.2) is 42.7 Å². The summed E-state index contributed by atoms with van der Waals surface area (Å²) >= 11 is 0. The lowest BCUT2D eigenvalue weighted by atomic mass is 9.99. The number of phenols is 1. The molecule has 7 heteroatoms. The van der Waals surface area contributed by atoms with Crippen molar-refractivity contribution in [1.29, 1.82) is 0 Å². The molecule has 0 atom stereocenters. The molecule has 3 aromatic rings. The van der Waals surface area contributed by atoms with Crippen LogP contribution < -0.4 is 4.74 Å². The molecule has 0 fully saturated rings. The number of carbonyl (C=O) groups excluding carboxylic acids is 1. The lowest BCUT2D eigenvalue weighted by molar-refractivity contribution is 0.101. The molecule has 0 saturated heterocycles. The van der Waals surface area contributed by atoms with E-state index in [1.807, 2.05) is 37.3 Å². The van der Waals surface area contributed by atoms with Crippen LogP contribution in [0.1, 0.15) is 40.9 Å². The van der Waals surface area contributed by atoms with Crippen molar-refractivity contribution in [3.63, 3.8) is 0 Å². The molecule has 26 heavy (non-hydrogen) atoms. The Morgan fingerprint density at radius 2 is 1.96 bits per heavy atom. The average molecular weight is 352 g/mol. The number of carbonyl (C=O) groups is 1. The predicted molar refractivity (Wildman–Crippen MR) is 95.2 cm³/mol. The number of benzene rings is 2. The molecule has 7 nitrogen and oxygen atoms in total. The number of tetrazole rings is 1. The number of aromatic nitrogens is 4. The zero-order chi connectivity index (χ0) is 18.5. The molecular weight excluding hydrogens is 332 g/mol. The van der Waals surface area contributed by atoms with Crippen molar-refractivity contribution in [1.82, 2.24) is 20.2 Å².